The zero-order valence-electron chi connectivity index (χ0n) is 13.6. The predicted molar refractivity (Wildman–Crippen MR) is 79.0 cm³/mol. The quantitative estimate of drug-likeness (QED) is 0.729. The van der Waals surface area contributed by atoms with Gasteiger partial charge in [0.25, 0.3) is 0 Å². The van der Waals surface area contributed by atoms with Crippen LogP contribution < -0.4 is 0 Å². The second-order valence-corrected chi connectivity index (χ2v) is 6.34. The van der Waals surface area contributed by atoms with E-state index in [1.807, 2.05) is 7.11 Å². The maximum atomic E-state index is 5.36. The molecule has 18 heavy (non-hydrogen) atoms. The van der Waals surface area contributed by atoms with E-state index >= 15 is 0 Å². The van der Waals surface area contributed by atoms with Crippen LogP contribution in [0.25, 0.3) is 0 Å². The lowest BCUT2D eigenvalue weighted by Gasteiger charge is -2.33. The van der Waals surface area contributed by atoms with Gasteiger partial charge in [-0.25, -0.2) is 0 Å². The van der Waals surface area contributed by atoms with Crippen molar-refractivity contribution in [2.24, 2.45) is 11.8 Å². The van der Waals surface area contributed by atoms with Gasteiger partial charge >= 0.3 is 0 Å². The van der Waals surface area contributed by atoms with E-state index in [1.54, 1.807) is 7.11 Å². The van der Waals surface area contributed by atoms with Gasteiger partial charge in [0.15, 0.2) is 0 Å². The van der Waals surface area contributed by atoms with Crippen molar-refractivity contribution in [3.63, 3.8) is 0 Å². The van der Waals surface area contributed by atoms with Gasteiger partial charge in [0.2, 0.25) is 0 Å². The minimum atomic E-state index is 0.0220. The highest BCUT2D eigenvalue weighted by Gasteiger charge is 2.27. The lowest BCUT2D eigenvalue weighted by molar-refractivity contribution is -0.0367. The second-order valence-electron chi connectivity index (χ2n) is 6.34. The Bertz CT molecular complexity index is 193. The molecular weight excluding hydrogens is 224 g/mol. The SMILES string of the molecule is COC(C)(C)C(C)C(C)C.COC1CCCCC1. The maximum Gasteiger partial charge on any atom is 0.0650 e. The van der Waals surface area contributed by atoms with Crippen molar-refractivity contribution >= 4 is 0 Å². The molecule has 1 aliphatic rings. The highest BCUT2D eigenvalue weighted by atomic mass is 16.5. The minimum absolute atomic E-state index is 0.0220. The van der Waals surface area contributed by atoms with Crippen molar-refractivity contribution in [1.29, 1.82) is 0 Å². The average molecular weight is 258 g/mol. The van der Waals surface area contributed by atoms with Crippen LogP contribution in [0.2, 0.25) is 0 Å². The average Bonchev–Trinajstić information content (AvgIpc) is 2.39. The summed E-state index contributed by atoms with van der Waals surface area (Å²) in [4.78, 5) is 0. The molecule has 0 aliphatic heterocycles. The first kappa shape index (κ1) is 17.9. The molecule has 0 amide bonds. The van der Waals surface area contributed by atoms with Crippen molar-refractivity contribution in [3.8, 4) is 0 Å². The molecule has 1 aliphatic carbocycles. The highest BCUT2D eigenvalue weighted by Crippen LogP contribution is 2.26. The van der Waals surface area contributed by atoms with Gasteiger partial charge in [-0.05, 0) is 38.5 Å². The van der Waals surface area contributed by atoms with Crippen molar-refractivity contribution in [2.45, 2.75) is 78.4 Å². The zero-order valence-corrected chi connectivity index (χ0v) is 13.6. The minimum Gasteiger partial charge on any atom is -0.381 e. The molecule has 2 nitrogen and oxygen atoms in total. The first-order chi connectivity index (χ1) is 8.35. The summed E-state index contributed by atoms with van der Waals surface area (Å²) in [5, 5.41) is 0. The van der Waals surface area contributed by atoms with Gasteiger partial charge in [0, 0.05) is 14.2 Å². The Balaban J connectivity index is 0.000000327. The molecule has 0 saturated heterocycles. The van der Waals surface area contributed by atoms with Gasteiger partial charge in [0.05, 0.1) is 11.7 Å². The molecule has 110 valence electrons. The Hall–Kier alpha value is -0.0800. The molecule has 1 unspecified atom stereocenters. The van der Waals surface area contributed by atoms with E-state index in [9.17, 15) is 0 Å². The fourth-order valence-electron chi connectivity index (χ4n) is 2.29. The van der Waals surface area contributed by atoms with Gasteiger partial charge in [-0.1, -0.05) is 40.0 Å². The van der Waals surface area contributed by atoms with E-state index < -0.39 is 0 Å². The topological polar surface area (TPSA) is 18.5 Å². The van der Waals surface area contributed by atoms with Gasteiger partial charge < -0.3 is 9.47 Å². The summed E-state index contributed by atoms with van der Waals surface area (Å²) in [5.74, 6) is 1.30. The molecule has 0 N–H and O–H groups in total. The first-order valence-corrected chi connectivity index (χ1v) is 7.43. The van der Waals surface area contributed by atoms with Crippen molar-refractivity contribution in [1.82, 2.24) is 0 Å². The van der Waals surface area contributed by atoms with Crippen molar-refractivity contribution in [3.05, 3.63) is 0 Å². The largest absolute Gasteiger partial charge is 0.381 e. The Morgan fingerprint density at radius 1 is 0.944 bits per heavy atom. The summed E-state index contributed by atoms with van der Waals surface area (Å²) in [6, 6.07) is 0. The maximum absolute atomic E-state index is 5.36. The summed E-state index contributed by atoms with van der Waals surface area (Å²) >= 11 is 0. The van der Waals surface area contributed by atoms with Crippen LogP contribution in [0, 0.1) is 11.8 Å². The summed E-state index contributed by atoms with van der Waals surface area (Å²) in [5.41, 5.74) is 0.0220. The van der Waals surface area contributed by atoms with Gasteiger partial charge in [-0.3, -0.25) is 0 Å². The summed E-state index contributed by atoms with van der Waals surface area (Å²) in [6.07, 6.45) is 7.33. The van der Waals surface area contributed by atoms with E-state index in [2.05, 4.69) is 34.6 Å². The number of hydrogen-bond acceptors (Lipinski definition) is 2. The Morgan fingerprint density at radius 2 is 1.44 bits per heavy atom. The summed E-state index contributed by atoms with van der Waals surface area (Å²) < 4.78 is 10.6. The lowest BCUT2D eigenvalue weighted by Crippen LogP contribution is -2.34. The van der Waals surface area contributed by atoms with Crippen LogP contribution in [-0.2, 0) is 9.47 Å². The molecule has 0 aromatic carbocycles. The van der Waals surface area contributed by atoms with E-state index in [0.717, 1.165) is 0 Å². The standard InChI is InChI=1S/C9H20O.C7H14O/c1-7(2)8(3)9(4,5)10-6;1-8-7-5-3-2-4-6-7/h7-8H,1-6H3;7H,2-6H2,1H3. The van der Waals surface area contributed by atoms with E-state index in [4.69, 9.17) is 9.47 Å². The number of ether oxygens (including phenoxy) is 2. The highest BCUT2D eigenvalue weighted by molar-refractivity contribution is 4.77. The molecule has 1 fully saturated rings. The van der Waals surface area contributed by atoms with Crippen LogP contribution in [0.4, 0.5) is 0 Å². The molecule has 1 atom stereocenters. The lowest BCUT2D eigenvalue weighted by atomic mass is 9.84. The third kappa shape index (κ3) is 6.75. The fourth-order valence-corrected chi connectivity index (χ4v) is 2.29. The van der Waals surface area contributed by atoms with Crippen molar-refractivity contribution < 1.29 is 9.47 Å². The fraction of sp³-hybridized carbons (Fsp3) is 1.00. The molecule has 0 heterocycles. The van der Waals surface area contributed by atoms with Crippen LogP contribution in [-0.4, -0.2) is 25.9 Å². The molecule has 0 bridgehead atoms. The summed E-state index contributed by atoms with van der Waals surface area (Å²) in [6.45, 7) is 11.0. The van der Waals surface area contributed by atoms with E-state index in [-0.39, 0.29) is 5.60 Å². The zero-order chi connectivity index (χ0) is 14.2. The second kappa shape index (κ2) is 8.92. The van der Waals surface area contributed by atoms with Crippen molar-refractivity contribution in [2.75, 3.05) is 14.2 Å². The van der Waals surface area contributed by atoms with Crippen LogP contribution in [0.15, 0.2) is 0 Å². The molecule has 1 saturated carbocycles. The smallest absolute Gasteiger partial charge is 0.0650 e. The molecule has 1 rings (SSSR count). The Morgan fingerprint density at radius 3 is 1.67 bits per heavy atom. The normalized spacial score (nSPS) is 19.3. The number of rotatable bonds is 4. The van der Waals surface area contributed by atoms with Crippen LogP contribution in [0.5, 0.6) is 0 Å². The van der Waals surface area contributed by atoms with Crippen LogP contribution in [0.3, 0.4) is 0 Å². The van der Waals surface area contributed by atoms with E-state index in [0.29, 0.717) is 17.9 Å². The third-order valence-corrected chi connectivity index (χ3v) is 4.51. The predicted octanol–water partition coefficient (Wildman–Crippen LogP) is 4.67. The molecule has 2 heteroatoms. The molecular formula is C16H34O2. The number of hydrogen-bond donors (Lipinski definition) is 0. The first-order valence-electron chi connectivity index (χ1n) is 7.43. The number of methoxy groups -OCH3 is 2. The van der Waals surface area contributed by atoms with Gasteiger partial charge in [0.1, 0.15) is 0 Å². The molecule has 0 aromatic rings. The molecule has 0 spiro atoms. The van der Waals surface area contributed by atoms with Crippen LogP contribution >= 0.6 is 0 Å². The Labute approximate surface area is 114 Å². The molecule has 0 aromatic heterocycles. The monoisotopic (exact) mass is 258 g/mol. The van der Waals surface area contributed by atoms with Crippen LogP contribution in [0.1, 0.15) is 66.7 Å². The summed E-state index contributed by atoms with van der Waals surface area (Å²) in [7, 11) is 3.59. The third-order valence-electron chi connectivity index (χ3n) is 4.51. The van der Waals surface area contributed by atoms with E-state index in [1.165, 1.54) is 32.1 Å². The molecule has 0 radical (unpaired) electrons. The van der Waals surface area contributed by atoms with Gasteiger partial charge in [-0.15, -0.1) is 0 Å². The Kier molecular flexibility index (Phi) is 8.89. The van der Waals surface area contributed by atoms with Gasteiger partial charge in [-0.2, -0.15) is 0 Å².